The summed E-state index contributed by atoms with van der Waals surface area (Å²) in [6, 6.07) is 4.98. The summed E-state index contributed by atoms with van der Waals surface area (Å²) in [6.45, 7) is 7.66. The summed E-state index contributed by atoms with van der Waals surface area (Å²) in [6.07, 6.45) is 3.68. The summed E-state index contributed by atoms with van der Waals surface area (Å²) in [7, 11) is 0. The summed E-state index contributed by atoms with van der Waals surface area (Å²) < 4.78 is 0. The van der Waals surface area contributed by atoms with Gasteiger partial charge >= 0.3 is 0 Å². The Morgan fingerprint density at radius 3 is 2.69 bits per heavy atom. The SMILES string of the molecule is CC(C)N(CCCCCN)Cc1cccs1. The second-order valence-corrected chi connectivity index (χ2v) is 5.53. The molecule has 0 fully saturated rings. The van der Waals surface area contributed by atoms with E-state index in [2.05, 4.69) is 36.3 Å². The minimum atomic E-state index is 0.625. The van der Waals surface area contributed by atoms with E-state index in [1.165, 1.54) is 24.3 Å². The number of unbranched alkanes of at least 4 members (excludes halogenated alkanes) is 2. The monoisotopic (exact) mass is 240 g/mol. The van der Waals surface area contributed by atoms with E-state index >= 15 is 0 Å². The molecule has 2 N–H and O–H groups in total. The summed E-state index contributed by atoms with van der Waals surface area (Å²) in [4.78, 5) is 4.01. The molecular formula is C13H24N2S. The van der Waals surface area contributed by atoms with Crippen molar-refractivity contribution in [3.63, 3.8) is 0 Å². The van der Waals surface area contributed by atoms with Gasteiger partial charge in [-0.1, -0.05) is 12.5 Å². The first-order valence-corrected chi connectivity index (χ1v) is 7.08. The van der Waals surface area contributed by atoms with Gasteiger partial charge in [0.1, 0.15) is 0 Å². The Hall–Kier alpha value is -0.380. The molecule has 0 aliphatic heterocycles. The Bertz CT molecular complexity index is 257. The van der Waals surface area contributed by atoms with Crippen molar-refractivity contribution in [1.29, 1.82) is 0 Å². The predicted molar refractivity (Wildman–Crippen MR) is 72.8 cm³/mol. The van der Waals surface area contributed by atoms with Crippen molar-refractivity contribution in [2.75, 3.05) is 13.1 Å². The van der Waals surface area contributed by atoms with Gasteiger partial charge < -0.3 is 5.73 Å². The molecule has 0 radical (unpaired) electrons. The van der Waals surface area contributed by atoms with Crippen LogP contribution in [-0.4, -0.2) is 24.0 Å². The first-order chi connectivity index (χ1) is 7.74. The van der Waals surface area contributed by atoms with E-state index in [0.29, 0.717) is 6.04 Å². The van der Waals surface area contributed by atoms with Gasteiger partial charge in [-0.3, -0.25) is 4.90 Å². The van der Waals surface area contributed by atoms with E-state index in [0.717, 1.165) is 19.5 Å². The van der Waals surface area contributed by atoms with Crippen molar-refractivity contribution in [3.05, 3.63) is 22.4 Å². The first kappa shape index (κ1) is 13.7. The summed E-state index contributed by atoms with van der Waals surface area (Å²) in [5, 5.41) is 2.16. The van der Waals surface area contributed by atoms with Crippen LogP contribution >= 0.6 is 11.3 Å². The van der Waals surface area contributed by atoms with Crippen LogP contribution in [0.3, 0.4) is 0 Å². The van der Waals surface area contributed by atoms with E-state index in [4.69, 9.17) is 5.73 Å². The van der Waals surface area contributed by atoms with Crippen molar-refractivity contribution in [1.82, 2.24) is 4.90 Å². The first-order valence-electron chi connectivity index (χ1n) is 6.20. The molecule has 1 rings (SSSR count). The molecule has 0 aromatic carbocycles. The normalized spacial score (nSPS) is 11.6. The Morgan fingerprint density at radius 1 is 1.31 bits per heavy atom. The fourth-order valence-electron chi connectivity index (χ4n) is 1.76. The Labute approximate surface area is 103 Å². The molecule has 0 aliphatic carbocycles. The molecule has 0 saturated carbocycles. The molecule has 1 aromatic rings. The van der Waals surface area contributed by atoms with E-state index < -0.39 is 0 Å². The molecule has 3 heteroatoms. The number of nitrogens with two attached hydrogens (primary N) is 1. The van der Waals surface area contributed by atoms with E-state index in [1.807, 2.05) is 11.3 Å². The fourth-order valence-corrected chi connectivity index (χ4v) is 2.49. The topological polar surface area (TPSA) is 29.3 Å². The Kier molecular flexibility index (Phi) is 6.69. The maximum absolute atomic E-state index is 5.50. The van der Waals surface area contributed by atoms with Gasteiger partial charge in [0.25, 0.3) is 0 Å². The minimum absolute atomic E-state index is 0.625. The lowest BCUT2D eigenvalue weighted by Crippen LogP contribution is -2.31. The molecule has 1 aromatic heterocycles. The molecule has 0 bridgehead atoms. The zero-order chi connectivity index (χ0) is 11.8. The van der Waals surface area contributed by atoms with Crippen LogP contribution in [0.15, 0.2) is 17.5 Å². The van der Waals surface area contributed by atoms with Crippen LogP contribution in [0.5, 0.6) is 0 Å². The zero-order valence-corrected chi connectivity index (χ0v) is 11.3. The van der Waals surface area contributed by atoms with Gasteiger partial charge in [0.05, 0.1) is 0 Å². The number of hydrogen-bond acceptors (Lipinski definition) is 3. The molecule has 0 unspecified atom stereocenters. The average Bonchev–Trinajstić information content (AvgIpc) is 2.75. The van der Waals surface area contributed by atoms with Gasteiger partial charge in [-0.25, -0.2) is 0 Å². The molecule has 1 heterocycles. The number of thiophene rings is 1. The standard InChI is InChI=1S/C13H24N2S/c1-12(2)15(9-5-3-4-8-14)11-13-7-6-10-16-13/h6-7,10,12H,3-5,8-9,11,14H2,1-2H3. The highest BCUT2D eigenvalue weighted by molar-refractivity contribution is 7.09. The van der Waals surface area contributed by atoms with Crippen LogP contribution in [0.4, 0.5) is 0 Å². The van der Waals surface area contributed by atoms with Crippen molar-refractivity contribution in [3.8, 4) is 0 Å². The van der Waals surface area contributed by atoms with Crippen LogP contribution < -0.4 is 5.73 Å². The third kappa shape index (κ3) is 5.10. The van der Waals surface area contributed by atoms with E-state index in [-0.39, 0.29) is 0 Å². The average molecular weight is 240 g/mol. The van der Waals surface area contributed by atoms with Crippen LogP contribution in [0.1, 0.15) is 38.0 Å². The van der Waals surface area contributed by atoms with Crippen LogP contribution in [-0.2, 0) is 6.54 Å². The largest absolute Gasteiger partial charge is 0.330 e. The second kappa shape index (κ2) is 7.82. The lowest BCUT2D eigenvalue weighted by molar-refractivity contribution is 0.210. The van der Waals surface area contributed by atoms with Crippen LogP contribution in [0.2, 0.25) is 0 Å². The van der Waals surface area contributed by atoms with Crippen molar-refractivity contribution in [2.24, 2.45) is 5.73 Å². The Morgan fingerprint density at radius 2 is 2.12 bits per heavy atom. The second-order valence-electron chi connectivity index (χ2n) is 4.49. The Balaban J connectivity index is 2.30. The highest BCUT2D eigenvalue weighted by Gasteiger charge is 2.09. The van der Waals surface area contributed by atoms with Crippen molar-refractivity contribution >= 4 is 11.3 Å². The molecule has 0 saturated heterocycles. The van der Waals surface area contributed by atoms with Gasteiger partial charge in [-0.15, -0.1) is 11.3 Å². The third-order valence-corrected chi connectivity index (χ3v) is 3.68. The molecule has 0 atom stereocenters. The number of rotatable bonds is 8. The van der Waals surface area contributed by atoms with Crippen LogP contribution in [0.25, 0.3) is 0 Å². The fraction of sp³-hybridized carbons (Fsp3) is 0.692. The number of hydrogen-bond donors (Lipinski definition) is 1. The lowest BCUT2D eigenvalue weighted by atomic mass is 10.2. The molecule has 0 spiro atoms. The third-order valence-electron chi connectivity index (χ3n) is 2.82. The quantitative estimate of drug-likeness (QED) is 0.708. The van der Waals surface area contributed by atoms with Crippen molar-refractivity contribution < 1.29 is 0 Å². The summed E-state index contributed by atoms with van der Waals surface area (Å²) >= 11 is 1.85. The molecule has 2 nitrogen and oxygen atoms in total. The molecule has 92 valence electrons. The zero-order valence-electron chi connectivity index (χ0n) is 10.5. The van der Waals surface area contributed by atoms with Crippen molar-refractivity contribution in [2.45, 2.75) is 45.7 Å². The molecular weight excluding hydrogens is 216 g/mol. The molecule has 0 aliphatic rings. The van der Waals surface area contributed by atoms with E-state index in [1.54, 1.807) is 0 Å². The highest BCUT2D eigenvalue weighted by Crippen LogP contribution is 2.14. The maximum Gasteiger partial charge on any atom is 0.0330 e. The summed E-state index contributed by atoms with van der Waals surface area (Å²) in [5.74, 6) is 0. The lowest BCUT2D eigenvalue weighted by Gasteiger charge is -2.25. The highest BCUT2D eigenvalue weighted by atomic mass is 32.1. The smallest absolute Gasteiger partial charge is 0.0330 e. The maximum atomic E-state index is 5.50. The summed E-state index contributed by atoms with van der Waals surface area (Å²) in [5.41, 5.74) is 5.50. The van der Waals surface area contributed by atoms with Gasteiger partial charge in [0.15, 0.2) is 0 Å². The van der Waals surface area contributed by atoms with Gasteiger partial charge in [0.2, 0.25) is 0 Å². The minimum Gasteiger partial charge on any atom is -0.330 e. The van der Waals surface area contributed by atoms with E-state index in [9.17, 15) is 0 Å². The van der Waals surface area contributed by atoms with Gasteiger partial charge in [-0.2, -0.15) is 0 Å². The number of nitrogens with zero attached hydrogens (tertiary/aromatic N) is 1. The predicted octanol–water partition coefficient (Wildman–Crippen LogP) is 3.09. The molecule has 16 heavy (non-hydrogen) atoms. The van der Waals surface area contributed by atoms with Crippen LogP contribution in [0, 0.1) is 0 Å². The van der Waals surface area contributed by atoms with Gasteiger partial charge in [0, 0.05) is 17.5 Å². The van der Waals surface area contributed by atoms with Gasteiger partial charge in [-0.05, 0) is 51.2 Å². The molecule has 0 amide bonds.